The van der Waals surface area contributed by atoms with Crippen LogP contribution in [0.4, 0.5) is 0 Å². The van der Waals surface area contributed by atoms with Crippen LogP contribution in [0.3, 0.4) is 0 Å². The Morgan fingerprint density at radius 1 is 0.471 bits per heavy atom. The molecule has 412 valence electrons. The number of carbonyl (C=O) groups excluding carboxylic acids is 1. The van der Waals surface area contributed by atoms with E-state index in [1.807, 2.05) is 0 Å². The van der Waals surface area contributed by atoms with Crippen LogP contribution in [0.2, 0.25) is 0 Å². The summed E-state index contributed by atoms with van der Waals surface area (Å²) in [6.45, 7) is 3.64. The van der Waals surface area contributed by atoms with Crippen molar-refractivity contribution >= 4 is 5.97 Å². The molecular formula is C56H104O14. The third kappa shape index (κ3) is 30.6. The fourth-order valence-corrected chi connectivity index (χ4v) is 9.09. The van der Waals surface area contributed by atoms with E-state index in [2.05, 4.69) is 38.2 Å². The van der Waals surface area contributed by atoms with Gasteiger partial charge in [0.05, 0.1) is 26.4 Å². The van der Waals surface area contributed by atoms with Gasteiger partial charge in [0.2, 0.25) is 0 Å². The van der Waals surface area contributed by atoms with Crippen molar-refractivity contribution in [2.45, 2.75) is 293 Å². The maximum atomic E-state index is 13.0. The summed E-state index contributed by atoms with van der Waals surface area (Å²) in [5, 5.41) is 72.2. The largest absolute Gasteiger partial charge is 0.457 e. The summed E-state index contributed by atoms with van der Waals surface area (Å²) in [4.78, 5) is 13.0. The molecule has 2 rings (SSSR count). The van der Waals surface area contributed by atoms with Gasteiger partial charge in [-0.1, -0.05) is 205 Å². The van der Waals surface area contributed by atoms with Crippen LogP contribution in [0.15, 0.2) is 24.3 Å². The second kappa shape index (κ2) is 43.8. The van der Waals surface area contributed by atoms with Crippen LogP contribution in [0.1, 0.15) is 226 Å². The molecule has 0 amide bonds. The van der Waals surface area contributed by atoms with Crippen molar-refractivity contribution in [2.24, 2.45) is 0 Å². The highest BCUT2D eigenvalue weighted by Crippen LogP contribution is 2.27. The fourth-order valence-electron chi connectivity index (χ4n) is 9.09. The molecule has 14 nitrogen and oxygen atoms in total. The number of ether oxygens (including phenoxy) is 6. The van der Waals surface area contributed by atoms with Crippen LogP contribution in [0.25, 0.3) is 0 Å². The van der Waals surface area contributed by atoms with E-state index in [0.29, 0.717) is 13.0 Å². The third-order valence-electron chi connectivity index (χ3n) is 13.7. The molecule has 2 heterocycles. The minimum absolute atomic E-state index is 0.0601. The van der Waals surface area contributed by atoms with E-state index in [-0.39, 0.29) is 25.6 Å². The Morgan fingerprint density at radius 3 is 1.43 bits per heavy atom. The Labute approximate surface area is 424 Å². The Bertz CT molecular complexity index is 1250. The van der Waals surface area contributed by atoms with Gasteiger partial charge in [0.25, 0.3) is 0 Å². The number of carbonyl (C=O) groups is 1. The summed E-state index contributed by atoms with van der Waals surface area (Å²) in [6, 6.07) is 0. The quantitative estimate of drug-likeness (QED) is 0.0172. The van der Waals surface area contributed by atoms with Gasteiger partial charge in [0.1, 0.15) is 54.9 Å². The van der Waals surface area contributed by atoms with E-state index in [1.54, 1.807) is 0 Å². The minimum atomic E-state index is -1.71. The average Bonchev–Trinajstić information content (AvgIpc) is 3.36. The van der Waals surface area contributed by atoms with Crippen molar-refractivity contribution in [1.29, 1.82) is 0 Å². The molecule has 0 aromatic carbocycles. The van der Waals surface area contributed by atoms with Crippen LogP contribution in [-0.2, 0) is 33.2 Å². The van der Waals surface area contributed by atoms with E-state index in [9.17, 15) is 40.5 Å². The highest BCUT2D eigenvalue weighted by atomic mass is 16.7. The second-order valence-corrected chi connectivity index (χ2v) is 20.1. The van der Waals surface area contributed by atoms with Gasteiger partial charge in [0, 0.05) is 13.0 Å². The lowest BCUT2D eigenvalue weighted by molar-refractivity contribution is -0.332. The van der Waals surface area contributed by atoms with Crippen molar-refractivity contribution < 1.29 is 69.0 Å². The Kier molecular flexibility index (Phi) is 40.4. The molecular weight excluding hydrogens is 897 g/mol. The third-order valence-corrected chi connectivity index (χ3v) is 13.7. The first-order valence-corrected chi connectivity index (χ1v) is 28.4. The molecule has 2 aliphatic rings. The SMILES string of the molecule is CCC/C=C\C/C=C\CCCCCCCC(=O)OC(COCCCCCCCCCCCCCCCCCCCCCCCCC)COC1OC(COC2OC(CO)C(O)C(O)C2O)C(O)C(O)C1O. The maximum absolute atomic E-state index is 13.0. The molecule has 0 aromatic rings. The Morgan fingerprint density at radius 2 is 0.914 bits per heavy atom. The van der Waals surface area contributed by atoms with Crippen molar-refractivity contribution in [3.8, 4) is 0 Å². The molecule has 0 aromatic heterocycles. The number of esters is 1. The molecule has 0 bridgehead atoms. The molecule has 2 fully saturated rings. The van der Waals surface area contributed by atoms with Crippen LogP contribution < -0.4 is 0 Å². The summed E-state index contributed by atoms with van der Waals surface area (Å²) < 4.78 is 34.3. The molecule has 7 N–H and O–H groups in total. The van der Waals surface area contributed by atoms with E-state index >= 15 is 0 Å². The van der Waals surface area contributed by atoms with Gasteiger partial charge >= 0.3 is 5.97 Å². The number of aliphatic hydroxyl groups excluding tert-OH is 7. The molecule has 2 saturated heterocycles. The zero-order valence-electron chi connectivity index (χ0n) is 44.0. The van der Waals surface area contributed by atoms with Gasteiger partial charge in [0.15, 0.2) is 12.6 Å². The average molecular weight is 1000 g/mol. The lowest BCUT2D eigenvalue weighted by Crippen LogP contribution is -2.61. The summed E-state index contributed by atoms with van der Waals surface area (Å²) in [6.07, 6.45) is 32.5. The minimum Gasteiger partial charge on any atom is -0.457 e. The topological polar surface area (TPSA) is 214 Å². The summed E-state index contributed by atoms with van der Waals surface area (Å²) in [5.74, 6) is -0.387. The van der Waals surface area contributed by atoms with Gasteiger partial charge in [-0.2, -0.15) is 0 Å². The first kappa shape index (κ1) is 64.6. The van der Waals surface area contributed by atoms with Crippen LogP contribution >= 0.6 is 0 Å². The Hall–Kier alpha value is -1.53. The monoisotopic (exact) mass is 1000 g/mol. The lowest BCUT2D eigenvalue weighted by Gasteiger charge is -2.42. The smallest absolute Gasteiger partial charge is 0.306 e. The fraction of sp³-hybridized carbons (Fsp3) is 0.911. The predicted molar refractivity (Wildman–Crippen MR) is 275 cm³/mol. The number of hydrogen-bond acceptors (Lipinski definition) is 14. The number of hydrogen-bond donors (Lipinski definition) is 7. The zero-order chi connectivity index (χ0) is 50.9. The van der Waals surface area contributed by atoms with Crippen molar-refractivity contribution in [3.05, 3.63) is 24.3 Å². The molecule has 2 aliphatic heterocycles. The number of unbranched alkanes of at least 4 members (excludes halogenated alkanes) is 28. The molecule has 0 aliphatic carbocycles. The molecule has 14 heteroatoms. The van der Waals surface area contributed by atoms with Crippen LogP contribution in [0.5, 0.6) is 0 Å². The highest BCUT2D eigenvalue weighted by molar-refractivity contribution is 5.69. The summed E-state index contributed by atoms with van der Waals surface area (Å²) in [5.41, 5.74) is 0. The Balaban J connectivity index is 1.69. The summed E-state index contributed by atoms with van der Waals surface area (Å²) in [7, 11) is 0. The van der Waals surface area contributed by atoms with Crippen molar-refractivity contribution in [1.82, 2.24) is 0 Å². The molecule has 11 unspecified atom stereocenters. The van der Waals surface area contributed by atoms with Gasteiger partial charge in [-0.05, 0) is 38.5 Å². The van der Waals surface area contributed by atoms with Gasteiger partial charge < -0.3 is 64.2 Å². The lowest BCUT2D eigenvalue weighted by atomic mass is 9.98. The zero-order valence-corrected chi connectivity index (χ0v) is 44.0. The molecule has 0 saturated carbocycles. The normalized spacial score (nSPS) is 25.6. The van der Waals surface area contributed by atoms with Gasteiger partial charge in [-0.3, -0.25) is 4.79 Å². The predicted octanol–water partition coefficient (Wildman–Crippen LogP) is 9.58. The molecule has 70 heavy (non-hydrogen) atoms. The van der Waals surface area contributed by atoms with E-state index in [4.69, 9.17) is 28.4 Å². The maximum Gasteiger partial charge on any atom is 0.306 e. The van der Waals surface area contributed by atoms with Crippen molar-refractivity contribution in [2.75, 3.05) is 33.0 Å². The molecule has 11 atom stereocenters. The number of allylic oxidation sites excluding steroid dienone is 4. The number of aliphatic hydroxyl groups is 7. The standard InChI is InChI=1S/C56H104O14/c1-3-5-7-9-11-13-15-17-18-19-20-21-22-23-24-25-26-28-30-32-34-36-38-40-65-42-45(68-48(58)39-37-35-33-31-29-27-16-14-12-10-8-6-4-2)43-66-55-54(64)52(62)50(60)47(70-55)44-67-56-53(63)51(61)49(59)46(41-57)69-56/h8,10,14,16,45-47,49-57,59-64H,3-7,9,11-13,15,17-44H2,1-2H3/b10-8-,16-14-. The van der Waals surface area contributed by atoms with Crippen LogP contribution in [0, 0.1) is 0 Å². The molecule has 0 radical (unpaired) electrons. The van der Waals surface area contributed by atoms with Crippen LogP contribution in [-0.4, -0.2) is 142 Å². The van der Waals surface area contributed by atoms with E-state index < -0.39 is 80.7 Å². The highest BCUT2D eigenvalue weighted by Gasteiger charge is 2.47. The van der Waals surface area contributed by atoms with Gasteiger partial charge in [-0.15, -0.1) is 0 Å². The van der Waals surface area contributed by atoms with E-state index in [1.165, 1.54) is 135 Å². The van der Waals surface area contributed by atoms with Crippen molar-refractivity contribution in [3.63, 3.8) is 0 Å². The first-order chi connectivity index (χ1) is 34.1. The summed E-state index contributed by atoms with van der Waals surface area (Å²) >= 11 is 0. The second-order valence-electron chi connectivity index (χ2n) is 20.1. The number of rotatable bonds is 46. The van der Waals surface area contributed by atoms with Gasteiger partial charge in [-0.25, -0.2) is 0 Å². The molecule has 0 spiro atoms. The van der Waals surface area contributed by atoms with E-state index in [0.717, 1.165) is 64.2 Å². The first-order valence-electron chi connectivity index (χ1n) is 28.4.